The first-order valence-electron chi connectivity index (χ1n) is 30.7. The summed E-state index contributed by atoms with van der Waals surface area (Å²) in [4.78, 5) is 14.9. The van der Waals surface area contributed by atoms with E-state index in [-0.39, 0.29) is 67.8 Å². The molecule has 4 N–H and O–H groups in total. The molecule has 8 nitrogen and oxygen atoms in total. The molecule has 4 aromatic rings. The number of amidine groups is 4. The molecule has 4 rings (SSSR count). The molecule has 82 heavy (non-hydrogen) atoms. The topological polar surface area (TPSA) is 112 Å². The summed E-state index contributed by atoms with van der Waals surface area (Å²) >= 11 is 0. The van der Waals surface area contributed by atoms with Gasteiger partial charge in [-0.3, -0.25) is 5.32 Å². The van der Waals surface area contributed by atoms with E-state index in [1.54, 1.807) is 0 Å². The van der Waals surface area contributed by atoms with Gasteiger partial charge in [0.1, 0.15) is 23.3 Å². The predicted octanol–water partition coefficient (Wildman–Crippen LogP) is 15.1. The van der Waals surface area contributed by atoms with Crippen LogP contribution in [-0.4, -0.2) is 95.6 Å². The fraction of sp³-hybridized carbons (Fsp3) is 0.611. The number of nitrogens with zero attached hydrogens (tertiary/aromatic N) is 4. The van der Waals surface area contributed by atoms with Crippen LogP contribution in [0.2, 0.25) is 0 Å². The molecule has 0 saturated carbocycles. The normalized spacial score (nSPS) is 13.3. The Morgan fingerprint density at radius 2 is 0.524 bits per heavy atom. The van der Waals surface area contributed by atoms with Crippen molar-refractivity contribution in [2.75, 3.05) is 26.2 Å². The van der Waals surface area contributed by atoms with Crippen LogP contribution in [0, 0.1) is 21.7 Å². The third-order valence-electron chi connectivity index (χ3n) is 14.5. The van der Waals surface area contributed by atoms with E-state index in [4.69, 9.17) is 21.3 Å². The molecule has 0 aliphatic heterocycles. The minimum Gasteiger partial charge on any atom is -0.371 e. The van der Waals surface area contributed by atoms with Crippen molar-refractivity contribution in [3.63, 3.8) is 0 Å². The van der Waals surface area contributed by atoms with E-state index in [0.29, 0.717) is 53.9 Å². The van der Waals surface area contributed by atoms with Crippen LogP contribution in [0.5, 0.6) is 0 Å². The molecule has 4 aromatic carbocycles. The van der Waals surface area contributed by atoms with E-state index in [9.17, 15) is 0 Å². The summed E-state index contributed by atoms with van der Waals surface area (Å²) in [6.07, 6.45) is 0. The number of hydrogen-bond donors (Lipinski definition) is 4. The first-order chi connectivity index (χ1) is 36.9. The van der Waals surface area contributed by atoms with Crippen LogP contribution in [0.1, 0.15) is 286 Å². The molecule has 0 atom stereocenters. The summed E-state index contributed by atoms with van der Waals surface area (Å²) in [6.45, 7) is 65.8. The Balaban J connectivity index is 0.000000800. The third-order valence-corrected chi connectivity index (χ3v) is 14.5. The second kappa shape index (κ2) is 33.3. The molecule has 0 aliphatic carbocycles. The summed E-state index contributed by atoms with van der Waals surface area (Å²) in [5.74, 6) is 7.40. The first-order valence-corrected chi connectivity index (χ1v) is 30.7. The third kappa shape index (κ3) is 22.6. The zero-order valence-electron chi connectivity index (χ0n) is 57.6. The maximum absolute atomic E-state index is 5.31. The fourth-order valence-electron chi connectivity index (χ4n) is 9.66. The quantitative estimate of drug-likeness (QED) is 0.0329. The maximum atomic E-state index is 5.31. The zero-order chi connectivity index (χ0) is 60.8. The molecule has 0 amide bonds. The molecule has 0 fully saturated rings. The van der Waals surface area contributed by atoms with Crippen molar-refractivity contribution in [1.29, 1.82) is 0 Å². The monoisotopic (exact) mass is 1140 g/mol. The Hall–Kier alpha value is -3.71. The Morgan fingerprint density at radius 1 is 0.317 bits per heavy atom. The summed E-state index contributed by atoms with van der Waals surface area (Å²) in [6, 6.07) is 26.5. The van der Waals surface area contributed by atoms with Gasteiger partial charge in [0.25, 0.3) is 0 Å². The van der Waals surface area contributed by atoms with Crippen molar-refractivity contribution >= 4 is 92.2 Å². The van der Waals surface area contributed by atoms with Crippen LogP contribution >= 0.6 is 0 Å². The Bertz CT molecular complexity index is 2530. The van der Waals surface area contributed by atoms with Gasteiger partial charge in [-0.15, -0.1) is 0 Å². The molecule has 0 radical (unpaired) electrons. The van der Waals surface area contributed by atoms with E-state index < -0.39 is 0 Å². The number of para-hydroxylation sites is 4. The van der Waals surface area contributed by atoms with Crippen LogP contribution in [0.15, 0.2) is 72.8 Å². The largest absolute Gasteiger partial charge is 2.00 e. The second-order valence-corrected chi connectivity index (χ2v) is 28.9. The number of hydrogen-bond acceptors (Lipinski definition) is 0. The molecule has 0 bridgehead atoms. The first kappa shape index (κ1) is 76.3. The summed E-state index contributed by atoms with van der Waals surface area (Å²) < 4.78 is 0. The van der Waals surface area contributed by atoms with Gasteiger partial charge in [0.15, 0.2) is 0 Å². The Labute approximate surface area is 535 Å². The van der Waals surface area contributed by atoms with E-state index >= 15 is 0 Å². The fourth-order valence-corrected chi connectivity index (χ4v) is 9.66. The van der Waals surface area contributed by atoms with Gasteiger partial charge in [-0.25, -0.2) is 16.0 Å². The Morgan fingerprint density at radius 3 is 0.732 bits per heavy atom. The Kier molecular flexibility index (Phi) is 31.0. The van der Waals surface area contributed by atoms with Crippen LogP contribution in [0.4, 0.5) is 22.7 Å². The van der Waals surface area contributed by atoms with Gasteiger partial charge in [0.05, 0.1) is 23.6 Å². The predicted molar refractivity (Wildman–Crippen MR) is 363 cm³/mol. The van der Waals surface area contributed by atoms with Gasteiger partial charge >= 0.3 is 46.1 Å². The SMILES string of the molecule is CC(C)c1cccc(C(C)C)c1[N-]C(=[NH+]CC[N-]C(=[NH+]c1c(C(C)C)cccc1C(C)C)C(C)(C)C)C(C)(C)C.CC(C)c1cccc(C(C)C)c1[N-]C(=[NH+]CC[NH+]=C([N-]c1c(C(C)C)cccc1C(C)C)C(C)(C)C)C(C)(C)C.[Mg+2].[Mg+2]. The van der Waals surface area contributed by atoms with Gasteiger partial charge in [-0.05, 0) is 91.9 Å². The van der Waals surface area contributed by atoms with E-state index in [1.165, 1.54) is 50.2 Å². The summed E-state index contributed by atoms with van der Waals surface area (Å²) in [7, 11) is 0. The van der Waals surface area contributed by atoms with Gasteiger partial charge in [0, 0.05) is 47.0 Å². The standard InChI is InChI=1S/2C36H56N4.2Mg/c2*1-23(2)27-17-15-18-28(24(3)4)31(27)39-33(35(9,10)11)37-21-22-38-34(36(12,13)14)40-32-29(25(5)6)19-16-20-30(32)26(7)8;;/h2*15-20,23-26H,21-22H2,1-14H3;;/q2*-2;2*+2/p+4. The second-order valence-electron chi connectivity index (χ2n) is 28.9. The van der Waals surface area contributed by atoms with Crippen molar-refractivity contribution in [2.45, 2.75) is 241 Å². The van der Waals surface area contributed by atoms with Gasteiger partial charge in [0.2, 0.25) is 0 Å². The van der Waals surface area contributed by atoms with E-state index in [2.05, 4.69) is 287 Å². The molecule has 10 heteroatoms. The van der Waals surface area contributed by atoms with E-state index in [0.717, 1.165) is 60.0 Å². The van der Waals surface area contributed by atoms with Crippen LogP contribution in [0.3, 0.4) is 0 Å². The molecule has 0 aliphatic rings. The van der Waals surface area contributed by atoms with Crippen LogP contribution < -0.4 is 20.0 Å². The van der Waals surface area contributed by atoms with Gasteiger partial charge in [-0.2, -0.15) is 0 Å². The van der Waals surface area contributed by atoms with Crippen molar-refractivity contribution in [3.05, 3.63) is 139 Å². The van der Waals surface area contributed by atoms with Crippen molar-refractivity contribution in [2.24, 2.45) is 21.7 Å². The zero-order valence-corrected chi connectivity index (χ0v) is 60.4. The summed E-state index contributed by atoms with van der Waals surface area (Å²) in [5, 5.41) is 21.1. The molecular weight excluding hydrogens is 1030 g/mol. The number of benzene rings is 4. The average molecular weight is 1140 g/mol. The minimum atomic E-state index is -0.116. The molecule has 444 valence electrons. The van der Waals surface area contributed by atoms with E-state index in [1.807, 2.05) is 0 Å². The molecule has 0 saturated heterocycles. The smallest absolute Gasteiger partial charge is 0.371 e. The van der Waals surface area contributed by atoms with Crippen molar-refractivity contribution in [1.82, 2.24) is 0 Å². The minimum absolute atomic E-state index is 0. The molecule has 0 aromatic heterocycles. The number of rotatable bonds is 18. The molecule has 0 heterocycles. The number of nitrogens with one attached hydrogen (secondary N) is 4. The molecule has 0 unspecified atom stereocenters. The van der Waals surface area contributed by atoms with Crippen LogP contribution in [0.25, 0.3) is 21.3 Å². The molecular formula is C72H116Mg2N8+4. The average Bonchev–Trinajstić information content (AvgIpc) is 3.33. The van der Waals surface area contributed by atoms with Crippen LogP contribution in [-0.2, 0) is 0 Å². The van der Waals surface area contributed by atoms with Gasteiger partial charge in [-0.1, -0.05) is 267 Å². The summed E-state index contributed by atoms with van der Waals surface area (Å²) in [5.41, 5.74) is 14.7. The molecule has 0 spiro atoms. The van der Waals surface area contributed by atoms with Crippen molar-refractivity contribution < 1.29 is 20.0 Å². The maximum Gasteiger partial charge on any atom is 2.00 e. The van der Waals surface area contributed by atoms with Crippen molar-refractivity contribution in [3.8, 4) is 0 Å². The van der Waals surface area contributed by atoms with Gasteiger partial charge < -0.3 is 20.0 Å².